The van der Waals surface area contributed by atoms with Crippen molar-refractivity contribution in [3.05, 3.63) is 48.0 Å². The van der Waals surface area contributed by atoms with Crippen LogP contribution in [-0.4, -0.2) is 9.55 Å². The Hall–Kier alpha value is -2.29. The second-order valence-corrected chi connectivity index (χ2v) is 5.52. The summed E-state index contributed by atoms with van der Waals surface area (Å²) >= 11 is 0. The van der Waals surface area contributed by atoms with E-state index in [4.69, 9.17) is 10.7 Å². The normalized spacial score (nSPS) is 11.4. The first-order chi connectivity index (χ1) is 9.56. The van der Waals surface area contributed by atoms with Crippen LogP contribution in [0.5, 0.6) is 0 Å². The minimum absolute atomic E-state index is 0.515. The van der Waals surface area contributed by atoms with E-state index in [0.29, 0.717) is 5.92 Å². The third-order valence-corrected chi connectivity index (χ3v) is 3.74. The highest BCUT2D eigenvalue weighted by Gasteiger charge is 2.11. The van der Waals surface area contributed by atoms with Crippen LogP contribution in [0.4, 0.5) is 5.69 Å². The number of imidazole rings is 1. The van der Waals surface area contributed by atoms with E-state index < -0.39 is 0 Å². The third kappa shape index (κ3) is 2.05. The summed E-state index contributed by atoms with van der Waals surface area (Å²) in [6.45, 7) is 4.40. The Balaban J connectivity index is 2.17. The molecule has 3 rings (SSSR count). The molecule has 0 unspecified atom stereocenters. The maximum Gasteiger partial charge on any atom is 0.140 e. The summed E-state index contributed by atoms with van der Waals surface area (Å²) in [5.41, 5.74) is 11.1. The van der Waals surface area contributed by atoms with Crippen LogP contribution < -0.4 is 5.73 Å². The molecule has 3 heteroatoms. The highest BCUT2D eigenvalue weighted by atomic mass is 15.1. The number of aromatic nitrogens is 2. The maximum absolute atomic E-state index is 5.74. The quantitative estimate of drug-likeness (QED) is 0.713. The van der Waals surface area contributed by atoms with E-state index in [9.17, 15) is 0 Å². The fourth-order valence-corrected chi connectivity index (χ4v) is 2.47. The smallest absolute Gasteiger partial charge is 0.140 e. The van der Waals surface area contributed by atoms with Crippen LogP contribution in [0.3, 0.4) is 0 Å². The Labute approximate surface area is 119 Å². The summed E-state index contributed by atoms with van der Waals surface area (Å²) in [7, 11) is 2.05. The predicted molar refractivity (Wildman–Crippen MR) is 84.7 cm³/mol. The van der Waals surface area contributed by atoms with Gasteiger partial charge in [-0.15, -0.1) is 0 Å². The van der Waals surface area contributed by atoms with Crippen LogP contribution in [0.15, 0.2) is 42.5 Å². The highest BCUT2D eigenvalue weighted by molar-refractivity contribution is 5.81. The largest absolute Gasteiger partial charge is 0.399 e. The van der Waals surface area contributed by atoms with Crippen molar-refractivity contribution in [2.24, 2.45) is 7.05 Å². The fraction of sp³-hybridized carbons (Fsp3) is 0.235. The molecule has 0 saturated heterocycles. The number of fused-ring (bicyclic) bond motifs is 1. The minimum atomic E-state index is 0.515. The molecule has 0 radical (unpaired) electrons. The van der Waals surface area contributed by atoms with Gasteiger partial charge in [0, 0.05) is 18.3 Å². The van der Waals surface area contributed by atoms with Crippen molar-refractivity contribution >= 4 is 16.7 Å². The number of anilines is 1. The minimum Gasteiger partial charge on any atom is -0.399 e. The number of hydrogen-bond donors (Lipinski definition) is 1. The van der Waals surface area contributed by atoms with Gasteiger partial charge < -0.3 is 10.3 Å². The molecule has 0 aliphatic heterocycles. The summed E-state index contributed by atoms with van der Waals surface area (Å²) in [5.74, 6) is 1.49. The number of aryl methyl sites for hydroxylation is 1. The molecule has 0 saturated carbocycles. The van der Waals surface area contributed by atoms with E-state index in [2.05, 4.69) is 43.7 Å². The summed E-state index contributed by atoms with van der Waals surface area (Å²) in [4.78, 5) is 4.78. The average molecular weight is 265 g/mol. The van der Waals surface area contributed by atoms with Crippen LogP contribution in [-0.2, 0) is 7.05 Å². The zero-order valence-electron chi connectivity index (χ0n) is 12.1. The summed E-state index contributed by atoms with van der Waals surface area (Å²) < 4.78 is 2.13. The molecular weight excluding hydrogens is 246 g/mol. The maximum atomic E-state index is 5.74. The van der Waals surface area contributed by atoms with Gasteiger partial charge in [0.05, 0.1) is 11.0 Å². The molecule has 0 atom stereocenters. The van der Waals surface area contributed by atoms with Crippen molar-refractivity contribution in [3.8, 4) is 11.4 Å². The number of nitrogens with two attached hydrogens (primary N) is 1. The van der Waals surface area contributed by atoms with Crippen molar-refractivity contribution < 1.29 is 0 Å². The molecule has 0 bridgehead atoms. The third-order valence-electron chi connectivity index (χ3n) is 3.74. The van der Waals surface area contributed by atoms with Gasteiger partial charge in [-0.3, -0.25) is 0 Å². The molecule has 1 heterocycles. The van der Waals surface area contributed by atoms with Gasteiger partial charge >= 0.3 is 0 Å². The lowest BCUT2D eigenvalue weighted by Crippen LogP contribution is -1.93. The van der Waals surface area contributed by atoms with E-state index >= 15 is 0 Å². The van der Waals surface area contributed by atoms with E-state index in [-0.39, 0.29) is 0 Å². The van der Waals surface area contributed by atoms with Crippen molar-refractivity contribution in [2.75, 3.05) is 5.73 Å². The Morgan fingerprint density at radius 3 is 2.40 bits per heavy atom. The monoisotopic (exact) mass is 265 g/mol. The van der Waals surface area contributed by atoms with Crippen LogP contribution in [0, 0.1) is 0 Å². The Kier molecular flexibility index (Phi) is 2.97. The molecule has 3 aromatic rings. The Morgan fingerprint density at radius 1 is 1.05 bits per heavy atom. The first-order valence-corrected chi connectivity index (χ1v) is 6.88. The average Bonchev–Trinajstić information content (AvgIpc) is 2.76. The fourth-order valence-electron chi connectivity index (χ4n) is 2.47. The van der Waals surface area contributed by atoms with Crippen LogP contribution in [0.2, 0.25) is 0 Å². The van der Waals surface area contributed by atoms with E-state index in [1.54, 1.807) is 0 Å². The SMILES string of the molecule is CC(C)c1ccc2c(c1)nc(-c1ccc(N)cc1)n2C. The Bertz CT molecular complexity index is 752. The van der Waals surface area contributed by atoms with E-state index in [1.165, 1.54) is 5.56 Å². The van der Waals surface area contributed by atoms with Crippen molar-refractivity contribution in [1.82, 2.24) is 9.55 Å². The van der Waals surface area contributed by atoms with E-state index in [1.807, 2.05) is 24.3 Å². The topological polar surface area (TPSA) is 43.8 Å². The molecule has 0 aliphatic carbocycles. The number of nitrogens with zero attached hydrogens (tertiary/aromatic N) is 2. The lowest BCUT2D eigenvalue weighted by Gasteiger charge is -2.05. The lowest BCUT2D eigenvalue weighted by molar-refractivity contribution is 0.868. The van der Waals surface area contributed by atoms with Crippen molar-refractivity contribution in [2.45, 2.75) is 19.8 Å². The first-order valence-electron chi connectivity index (χ1n) is 6.88. The molecule has 20 heavy (non-hydrogen) atoms. The second kappa shape index (κ2) is 4.67. The van der Waals surface area contributed by atoms with E-state index in [0.717, 1.165) is 28.1 Å². The van der Waals surface area contributed by atoms with Gasteiger partial charge in [0.1, 0.15) is 5.82 Å². The number of benzene rings is 2. The zero-order valence-corrected chi connectivity index (χ0v) is 12.1. The summed E-state index contributed by atoms with van der Waals surface area (Å²) in [5, 5.41) is 0. The number of rotatable bonds is 2. The summed E-state index contributed by atoms with van der Waals surface area (Å²) in [6, 6.07) is 14.4. The van der Waals surface area contributed by atoms with Crippen LogP contribution in [0.25, 0.3) is 22.4 Å². The van der Waals surface area contributed by atoms with Crippen LogP contribution >= 0.6 is 0 Å². The molecule has 0 fully saturated rings. The van der Waals surface area contributed by atoms with Gasteiger partial charge in [0.2, 0.25) is 0 Å². The summed E-state index contributed by atoms with van der Waals surface area (Å²) in [6.07, 6.45) is 0. The lowest BCUT2D eigenvalue weighted by atomic mass is 10.0. The van der Waals surface area contributed by atoms with Crippen molar-refractivity contribution in [3.63, 3.8) is 0 Å². The van der Waals surface area contributed by atoms with Crippen LogP contribution in [0.1, 0.15) is 25.3 Å². The zero-order chi connectivity index (χ0) is 14.3. The second-order valence-electron chi connectivity index (χ2n) is 5.52. The number of hydrogen-bond acceptors (Lipinski definition) is 2. The molecule has 3 nitrogen and oxygen atoms in total. The van der Waals surface area contributed by atoms with Crippen molar-refractivity contribution in [1.29, 1.82) is 0 Å². The predicted octanol–water partition coefficient (Wildman–Crippen LogP) is 3.95. The Morgan fingerprint density at radius 2 is 1.75 bits per heavy atom. The molecule has 0 spiro atoms. The standard InChI is InChI=1S/C17H19N3/c1-11(2)13-6-9-16-15(10-13)19-17(20(16)3)12-4-7-14(18)8-5-12/h4-11H,18H2,1-3H3. The van der Waals surface area contributed by atoms with Gasteiger partial charge in [0.15, 0.2) is 0 Å². The van der Waals surface area contributed by atoms with Gasteiger partial charge in [-0.1, -0.05) is 19.9 Å². The molecule has 102 valence electrons. The molecule has 2 aromatic carbocycles. The highest BCUT2D eigenvalue weighted by Crippen LogP contribution is 2.26. The van der Waals surface area contributed by atoms with Gasteiger partial charge in [-0.25, -0.2) is 4.98 Å². The first kappa shape index (κ1) is 12.7. The molecule has 0 aliphatic rings. The van der Waals surface area contributed by atoms with Gasteiger partial charge in [0.25, 0.3) is 0 Å². The molecule has 0 amide bonds. The molecular formula is C17H19N3. The molecule has 2 N–H and O–H groups in total. The van der Waals surface area contributed by atoms with Gasteiger partial charge in [-0.05, 0) is 47.9 Å². The molecule has 1 aromatic heterocycles. The number of nitrogen functional groups attached to an aromatic ring is 1. The van der Waals surface area contributed by atoms with Gasteiger partial charge in [-0.2, -0.15) is 0 Å².